The van der Waals surface area contributed by atoms with Gasteiger partial charge in [0.25, 0.3) is 0 Å². The lowest BCUT2D eigenvalue weighted by Crippen LogP contribution is -2.26. The largest absolute Gasteiger partial charge is 0.269 e. The quantitative estimate of drug-likeness (QED) is 0.687. The minimum Gasteiger partial charge on any atom is -0.269 e. The Morgan fingerprint density at radius 3 is 2.67 bits per heavy atom. The number of hydrogen-bond acceptors (Lipinski definition) is 3. The van der Waals surface area contributed by atoms with Crippen molar-refractivity contribution in [1.29, 1.82) is 0 Å². The molecule has 0 spiro atoms. The van der Waals surface area contributed by atoms with E-state index in [0.717, 1.165) is 35.1 Å². The zero-order valence-electron chi connectivity index (χ0n) is 13.4. The van der Waals surface area contributed by atoms with Gasteiger partial charge in [0.05, 0.1) is 34.7 Å². The highest BCUT2D eigenvalue weighted by Gasteiger charge is 2.34. The molecule has 0 saturated heterocycles. The number of rotatable bonds is 3. The van der Waals surface area contributed by atoms with Gasteiger partial charge in [-0.3, -0.25) is 9.67 Å². The molecule has 5 rings (SSSR count). The Morgan fingerprint density at radius 2 is 1.92 bits per heavy atom. The molecular weight excluding hydrogens is 296 g/mol. The summed E-state index contributed by atoms with van der Waals surface area (Å²) in [6.07, 6.45) is 14.1. The van der Waals surface area contributed by atoms with Gasteiger partial charge in [-0.25, -0.2) is 4.98 Å². The van der Waals surface area contributed by atoms with Crippen molar-refractivity contribution in [1.82, 2.24) is 19.7 Å². The summed E-state index contributed by atoms with van der Waals surface area (Å²) in [4.78, 5) is 9.38. The maximum absolute atomic E-state index is 5.51. The first-order valence-corrected chi connectivity index (χ1v) is 8.59. The molecule has 0 N–H and O–H groups in total. The lowest BCUT2D eigenvalue weighted by Gasteiger charge is -2.31. The van der Waals surface area contributed by atoms with Crippen LogP contribution in [0.5, 0.6) is 0 Å². The van der Waals surface area contributed by atoms with E-state index in [-0.39, 0.29) is 0 Å². The standard InChI is InChI=1S/C20H18N4/c1-2-13-9-15(10-13)24-12-16(20(23-24)14-7-8-14)19-11-21-17-5-3-4-6-18(17)22-19/h1,3-6,11-15H,7-10H2. The third kappa shape index (κ3) is 2.20. The molecule has 4 heteroatoms. The summed E-state index contributed by atoms with van der Waals surface area (Å²) < 4.78 is 2.12. The van der Waals surface area contributed by atoms with Gasteiger partial charge < -0.3 is 0 Å². The van der Waals surface area contributed by atoms with Crippen LogP contribution in [0.1, 0.15) is 43.3 Å². The number of para-hydroxylation sites is 2. The molecule has 0 amide bonds. The Kier molecular flexibility index (Phi) is 2.96. The molecule has 24 heavy (non-hydrogen) atoms. The molecule has 2 aromatic heterocycles. The average molecular weight is 314 g/mol. The number of nitrogens with zero attached hydrogens (tertiary/aromatic N) is 4. The van der Waals surface area contributed by atoms with Crippen molar-refractivity contribution in [2.45, 2.75) is 37.6 Å². The SMILES string of the molecule is C#CC1CC(n2cc(-c3cnc4ccccc4n3)c(C3CC3)n2)C1. The van der Waals surface area contributed by atoms with Crippen LogP contribution in [-0.2, 0) is 0 Å². The van der Waals surface area contributed by atoms with Crippen LogP contribution in [0.2, 0.25) is 0 Å². The number of benzene rings is 1. The van der Waals surface area contributed by atoms with Crippen LogP contribution in [0.25, 0.3) is 22.3 Å². The van der Waals surface area contributed by atoms with Crippen molar-refractivity contribution >= 4 is 11.0 Å². The van der Waals surface area contributed by atoms with Crippen molar-refractivity contribution in [2.75, 3.05) is 0 Å². The van der Waals surface area contributed by atoms with Crippen LogP contribution in [0.15, 0.2) is 36.7 Å². The van der Waals surface area contributed by atoms with Crippen LogP contribution < -0.4 is 0 Å². The molecule has 2 saturated carbocycles. The fourth-order valence-corrected chi connectivity index (χ4v) is 3.48. The molecule has 2 aliphatic carbocycles. The number of aromatic nitrogens is 4. The van der Waals surface area contributed by atoms with Crippen LogP contribution in [0.3, 0.4) is 0 Å². The normalized spacial score (nSPS) is 23.0. The summed E-state index contributed by atoms with van der Waals surface area (Å²) >= 11 is 0. The van der Waals surface area contributed by atoms with E-state index in [9.17, 15) is 0 Å². The van der Waals surface area contributed by atoms with Crippen molar-refractivity contribution < 1.29 is 0 Å². The minimum atomic E-state index is 0.410. The Morgan fingerprint density at radius 1 is 1.12 bits per heavy atom. The average Bonchev–Trinajstić information content (AvgIpc) is 3.33. The summed E-state index contributed by atoms with van der Waals surface area (Å²) in [6.45, 7) is 0. The Hall–Kier alpha value is -2.67. The lowest BCUT2D eigenvalue weighted by atomic mass is 9.81. The highest BCUT2D eigenvalue weighted by Crippen LogP contribution is 2.45. The van der Waals surface area contributed by atoms with E-state index in [1.807, 2.05) is 30.5 Å². The molecule has 2 fully saturated rings. The molecule has 118 valence electrons. The molecule has 0 bridgehead atoms. The lowest BCUT2D eigenvalue weighted by molar-refractivity contribution is 0.231. The van der Waals surface area contributed by atoms with Gasteiger partial charge >= 0.3 is 0 Å². The molecule has 0 aliphatic heterocycles. The van der Waals surface area contributed by atoms with Crippen molar-refractivity contribution in [3.8, 4) is 23.6 Å². The van der Waals surface area contributed by atoms with E-state index in [0.29, 0.717) is 17.9 Å². The summed E-state index contributed by atoms with van der Waals surface area (Å²) in [7, 11) is 0. The number of hydrogen-bond donors (Lipinski definition) is 0. The van der Waals surface area contributed by atoms with Gasteiger partial charge in [-0.15, -0.1) is 12.3 Å². The fourth-order valence-electron chi connectivity index (χ4n) is 3.48. The summed E-state index contributed by atoms with van der Waals surface area (Å²) in [6, 6.07) is 8.43. The fraction of sp³-hybridized carbons (Fsp3) is 0.350. The number of fused-ring (bicyclic) bond motifs is 1. The highest BCUT2D eigenvalue weighted by molar-refractivity contribution is 5.77. The van der Waals surface area contributed by atoms with Gasteiger partial charge in [0.15, 0.2) is 0 Å². The van der Waals surface area contributed by atoms with Crippen molar-refractivity contribution in [2.24, 2.45) is 5.92 Å². The van der Waals surface area contributed by atoms with Gasteiger partial charge in [0.1, 0.15) is 0 Å². The summed E-state index contributed by atoms with van der Waals surface area (Å²) in [5.74, 6) is 3.84. The van der Waals surface area contributed by atoms with Crippen molar-refractivity contribution in [3.63, 3.8) is 0 Å². The second-order valence-corrected chi connectivity index (χ2v) is 6.92. The zero-order valence-corrected chi connectivity index (χ0v) is 13.4. The van der Waals surface area contributed by atoms with Gasteiger partial charge in [0.2, 0.25) is 0 Å². The first kappa shape index (κ1) is 13.7. The third-order valence-electron chi connectivity index (χ3n) is 5.17. The van der Waals surface area contributed by atoms with Gasteiger partial charge in [0, 0.05) is 23.6 Å². The van der Waals surface area contributed by atoms with Crippen molar-refractivity contribution in [3.05, 3.63) is 42.4 Å². The minimum absolute atomic E-state index is 0.410. The Balaban J connectivity index is 1.56. The second-order valence-electron chi connectivity index (χ2n) is 6.92. The highest BCUT2D eigenvalue weighted by atomic mass is 15.3. The molecule has 4 nitrogen and oxygen atoms in total. The zero-order chi connectivity index (χ0) is 16.1. The van der Waals surface area contributed by atoms with Crippen LogP contribution >= 0.6 is 0 Å². The van der Waals surface area contributed by atoms with E-state index in [4.69, 9.17) is 16.5 Å². The maximum atomic E-state index is 5.51. The van der Waals surface area contributed by atoms with E-state index in [1.54, 1.807) is 0 Å². The molecule has 0 atom stereocenters. The van der Waals surface area contributed by atoms with Crippen LogP contribution in [0, 0.1) is 18.3 Å². The van der Waals surface area contributed by atoms with E-state index in [2.05, 4.69) is 21.8 Å². The molecule has 2 aliphatic rings. The molecular formula is C20H18N4. The molecule has 0 radical (unpaired) electrons. The first-order valence-electron chi connectivity index (χ1n) is 8.59. The smallest absolute Gasteiger partial charge is 0.0927 e. The topological polar surface area (TPSA) is 43.6 Å². The Labute approximate surface area is 140 Å². The monoisotopic (exact) mass is 314 g/mol. The predicted octanol–water partition coefficient (Wildman–Crippen LogP) is 3.96. The Bertz CT molecular complexity index is 955. The maximum Gasteiger partial charge on any atom is 0.0927 e. The van der Waals surface area contributed by atoms with Gasteiger partial charge in [-0.1, -0.05) is 12.1 Å². The predicted molar refractivity (Wildman–Crippen MR) is 93.3 cm³/mol. The molecule has 2 heterocycles. The van der Waals surface area contributed by atoms with E-state index >= 15 is 0 Å². The molecule has 1 aromatic carbocycles. The molecule has 3 aromatic rings. The number of terminal acetylenes is 1. The summed E-state index contributed by atoms with van der Waals surface area (Å²) in [5, 5.41) is 4.90. The van der Waals surface area contributed by atoms with Gasteiger partial charge in [-0.2, -0.15) is 5.10 Å². The molecule has 0 unspecified atom stereocenters. The second kappa shape index (κ2) is 5.17. The van der Waals surface area contributed by atoms with E-state index in [1.165, 1.54) is 18.5 Å². The third-order valence-corrected chi connectivity index (χ3v) is 5.17. The summed E-state index contributed by atoms with van der Waals surface area (Å²) in [5.41, 5.74) is 5.11. The van der Waals surface area contributed by atoms with E-state index < -0.39 is 0 Å². The first-order chi connectivity index (χ1) is 11.8. The van der Waals surface area contributed by atoms with Crippen LogP contribution in [-0.4, -0.2) is 19.7 Å². The van der Waals surface area contributed by atoms with Crippen LogP contribution in [0.4, 0.5) is 0 Å². The van der Waals surface area contributed by atoms with Gasteiger partial charge in [-0.05, 0) is 37.8 Å².